The molecule has 1 aromatic rings. The third-order valence-electron chi connectivity index (χ3n) is 4.99. The Bertz CT molecular complexity index is 474. The van der Waals surface area contributed by atoms with Crippen LogP contribution in [0, 0.1) is 0 Å². The lowest BCUT2D eigenvalue weighted by molar-refractivity contribution is -0.151. The van der Waals surface area contributed by atoms with Gasteiger partial charge in [0.1, 0.15) is 5.54 Å². The highest BCUT2D eigenvalue weighted by Gasteiger charge is 2.49. The lowest BCUT2D eigenvalue weighted by atomic mass is 9.91. The summed E-state index contributed by atoms with van der Waals surface area (Å²) in [5.41, 5.74) is 2.18. The van der Waals surface area contributed by atoms with E-state index in [1.165, 1.54) is 11.1 Å². The molecular weight excluding hydrogens is 238 g/mol. The number of rotatable bonds is 3. The SMILES string of the molecule is CCC1(C(=O)O)CCCN1C1Cc2ccccc2C1. The molecule has 1 saturated heterocycles. The fourth-order valence-electron chi connectivity index (χ4n) is 3.95. The monoisotopic (exact) mass is 259 g/mol. The minimum absolute atomic E-state index is 0.371. The van der Waals surface area contributed by atoms with Gasteiger partial charge in [-0.1, -0.05) is 31.2 Å². The van der Waals surface area contributed by atoms with Crippen molar-refractivity contribution in [2.45, 2.75) is 50.6 Å². The minimum Gasteiger partial charge on any atom is -0.480 e. The van der Waals surface area contributed by atoms with E-state index in [9.17, 15) is 9.90 Å². The first-order chi connectivity index (χ1) is 9.17. The lowest BCUT2D eigenvalue weighted by Crippen LogP contribution is -2.54. The van der Waals surface area contributed by atoms with Gasteiger partial charge in [0.15, 0.2) is 0 Å². The van der Waals surface area contributed by atoms with E-state index >= 15 is 0 Å². The van der Waals surface area contributed by atoms with Crippen LogP contribution in [0.25, 0.3) is 0 Å². The Kier molecular flexibility index (Phi) is 3.09. The molecule has 1 aromatic carbocycles. The van der Waals surface area contributed by atoms with Crippen molar-refractivity contribution in [3.8, 4) is 0 Å². The van der Waals surface area contributed by atoms with Crippen molar-refractivity contribution >= 4 is 5.97 Å². The Balaban J connectivity index is 1.86. The molecule has 0 aromatic heterocycles. The number of carbonyl (C=O) groups is 1. The van der Waals surface area contributed by atoms with Crippen molar-refractivity contribution < 1.29 is 9.90 Å². The molecule has 1 heterocycles. The summed E-state index contributed by atoms with van der Waals surface area (Å²) in [4.78, 5) is 14.0. The zero-order valence-electron chi connectivity index (χ0n) is 11.4. The van der Waals surface area contributed by atoms with Gasteiger partial charge in [0.05, 0.1) is 0 Å². The second-order valence-corrected chi connectivity index (χ2v) is 5.82. The number of carboxylic acid groups (broad SMARTS) is 1. The smallest absolute Gasteiger partial charge is 0.324 e. The Hall–Kier alpha value is -1.35. The van der Waals surface area contributed by atoms with E-state index in [0.717, 1.165) is 32.2 Å². The number of benzene rings is 1. The van der Waals surface area contributed by atoms with Crippen molar-refractivity contribution in [2.24, 2.45) is 0 Å². The van der Waals surface area contributed by atoms with Crippen LogP contribution < -0.4 is 0 Å². The number of aliphatic carboxylic acids is 1. The van der Waals surface area contributed by atoms with E-state index in [1.807, 2.05) is 6.92 Å². The van der Waals surface area contributed by atoms with E-state index in [4.69, 9.17) is 0 Å². The summed E-state index contributed by atoms with van der Waals surface area (Å²) in [6, 6.07) is 8.89. The summed E-state index contributed by atoms with van der Waals surface area (Å²) in [7, 11) is 0. The maximum absolute atomic E-state index is 11.8. The second kappa shape index (κ2) is 4.64. The number of nitrogens with zero attached hydrogens (tertiary/aromatic N) is 1. The van der Waals surface area contributed by atoms with Gasteiger partial charge in [0.2, 0.25) is 0 Å². The summed E-state index contributed by atoms with van der Waals surface area (Å²) in [6.45, 7) is 2.94. The normalized spacial score (nSPS) is 27.6. The molecule has 0 bridgehead atoms. The molecule has 0 amide bonds. The van der Waals surface area contributed by atoms with Crippen LogP contribution in [0.2, 0.25) is 0 Å². The molecule has 1 fully saturated rings. The van der Waals surface area contributed by atoms with Crippen LogP contribution in [-0.2, 0) is 17.6 Å². The summed E-state index contributed by atoms with van der Waals surface area (Å²) in [6.07, 6.45) is 4.52. The molecule has 1 aliphatic carbocycles. The van der Waals surface area contributed by atoms with E-state index in [0.29, 0.717) is 12.5 Å². The van der Waals surface area contributed by atoms with Gasteiger partial charge in [-0.3, -0.25) is 9.69 Å². The average molecular weight is 259 g/mol. The van der Waals surface area contributed by atoms with Crippen LogP contribution in [0.4, 0.5) is 0 Å². The summed E-state index contributed by atoms with van der Waals surface area (Å²) < 4.78 is 0. The van der Waals surface area contributed by atoms with Crippen LogP contribution in [-0.4, -0.2) is 34.1 Å². The Morgan fingerprint density at radius 2 is 2.00 bits per heavy atom. The van der Waals surface area contributed by atoms with Crippen molar-refractivity contribution in [1.29, 1.82) is 0 Å². The zero-order chi connectivity index (χ0) is 13.5. The van der Waals surface area contributed by atoms with Gasteiger partial charge in [0.25, 0.3) is 0 Å². The molecule has 3 nitrogen and oxygen atoms in total. The lowest BCUT2D eigenvalue weighted by Gasteiger charge is -2.38. The van der Waals surface area contributed by atoms with Gasteiger partial charge >= 0.3 is 5.97 Å². The van der Waals surface area contributed by atoms with Crippen LogP contribution in [0.15, 0.2) is 24.3 Å². The predicted molar refractivity (Wildman–Crippen MR) is 74.2 cm³/mol. The van der Waals surface area contributed by atoms with E-state index < -0.39 is 11.5 Å². The fraction of sp³-hybridized carbons (Fsp3) is 0.562. The summed E-state index contributed by atoms with van der Waals surface area (Å²) in [5, 5.41) is 9.67. The van der Waals surface area contributed by atoms with Gasteiger partial charge in [0, 0.05) is 6.04 Å². The molecular formula is C16H21NO2. The highest BCUT2D eigenvalue weighted by molar-refractivity contribution is 5.79. The second-order valence-electron chi connectivity index (χ2n) is 5.82. The molecule has 102 valence electrons. The van der Waals surface area contributed by atoms with Crippen LogP contribution in [0.1, 0.15) is 37.3 Å². The molecule has 3 heteroatoms. The van der Waals surface area contributed by atoms with Crippen LogP contribution >= 0.6 is 0 Å². The highest BCUT2D eigenvalue weighted by atomic mass is 16.4. The van der Waals surface area contributed by atoms with Gasteiger partial charge in [-0.15, -0.1) is 0 Å². The molecule has 19 heavy (non-hydrogen) atoms. The Morgan fingerprint density at radius 1 is 1.37 bits per heavy atom. The van der Waals surface area contributed by atoms with E-state index in [2.05, 4.69) is 29.2 Å². The number of likely N-dealkylation sites (tertiary alicyclic amines) is 1. The van der Waals surface area contributed by atoms with Crippen molar-refractivity contribution in [3.63, 3.8) is 0 Å². The maximum Gasteiger partial charge on any atom is 0.324 e. The Labute approximate surface area is 114 Å². The minimum atomic E-state index is -0.636. The first kappa shape index (κ1) is 12.7. The first-order valence-electron chi connectivity index (χ1n) is 7.24. The summed E-state index contributed by atoms with van der Waals surface area (Å²) >= 11 is 0. The molecule has 1 unspecified atom stereocenters. The van der Waals surface area contributed by atoms with Gasteiger partial charge in [-0.05, 0) is 49.8 Å². The maximum atomic E-state index is 11.8. The number of hydrogen-bond donors (Lipinski definition) is 1. The number of hydrogen-bond acceptors (Lipinski definition) is 2. The standard InChI is InChI=1S/C16H21NO2/c1-2-16(15(18)19)8-5-9-17(16)14-10-12-6-3-4-7-13(12)11-14/h3-4,6-7,14H,2,5,8-11H2,1H3,(H,18,19). The molecule has 0 saturated carbocycles. The van der Waals surface area contributed by atoms with Gasteiger partial charge in [-0.25, -0.2) is 0 Å². The third-order valence-corrected chi connectivity index (χ3v) is 4.99. The Morgan fingerprint density at radius 3 is 2.53 bits per heavy atom. The quantitative estimate of drug-likeness (QED) is 0.906. The van der Waals surface area contributed by atoms with Crippen molar-refractivity contribution in [3.05, 3.63) is 35.4 Å². The van der Waals surface area contributed by atoms with Crippen molar-refractivity contribution in [2.75, 3.05) is 6.54 Å². The van der Waals surface area contributed by atoms with Crippen LogP contribution in [0.5, 0.6) is 0 Å². The molecule has 1 atom stereocenters. The van der Waals surface area contributed by atoms with Crippen molar-refractivity contribution in [1.82, 2.24) is 4.90 Å². The number of fused-ring (bicyclic) bond motifs is 1. The fourth-order valence-corrected chi connectivity index (χ4v) is 3.95. The summed E-state index contributed by atoms with van der Waals surface area (Å²) in [5.74, 6) is -0.636. The molecule has 2 aliphatic rings. The highest BCUT2D eigenvalue weighted by Crippen LogP contribution is 2.38. The average Bonchev–Trinajstić information content (AvgIpc) is 3.02. The largest absolute Gasteiger partial charge is 0.480 e. The van der Waals surface area contributed by atoms with Gasteiger partial charge < -0.3 is 5.11 Å². The molecule has 1 aliphatic heterocycles. The zero-order valence-corrected chi connectivity index (χ0v) is 11.4. The van der Waals surface area contributed by atoms with Gasteiger partial charge in [-0.2, -0.15) is 0 Å². The van der Waals surface area contributed by atoms with E-state index in [1.54, 1.807) is 0 Å². The molecule has 1 N–H and O–H groups in total. The van der Waals surface area contributed by atoms with E-state index in [-0.39, 0.29) is 0 Å². The third kappa shape index (κ3) is 1.88. The number of carboxylic acids is 1. The molecule has 3 rings (SSSR count). The predicted octanol–water partition coefficient (Wildman–Crippen LogP) is 2.48. The molecule has 0 spiro atoms. The topological polar surface area (TPSA) is 40.5 Å². The van der Waals surface area contributed by atoms with Crippen LogP contribution in [0.3, 0.4) is 0 Å². The first-order valence-corrected chi connectivity index (χ1v) is 7.24. The molecule has 0 radical (unpaired) electrons.